The molecule has 136 valence electrons. The third-order valence-corrected chi connectivity index (χ3v) is 4.97. The summed E-state index contributed by atoms with van der Waals surface area (Å²) in [5.74, 6) is 0.491. The van der Waals surface area contributed by atoms with Crippen LogP contribution in [0.25, 0.3) is 0 Å². The summed E-state index contributed by atoms with van der Waals surface area (Å²) in [7, 11) is 0. The summed E-state index contributed by atoms with van der Waals surface area (Å²) in [5, 5.41) is 18.2. The molecule has 0 saturated heterocycles. The van der Waals surface area contributed by atoms with Crippen LogP contribution in [0.1, 0.15) is 18.5 Å². The fraction of sp³-hybridized carbons (Fsp3) is 0.118. The molecule has 1 amide bonds. The van der Waals surface area contributed by atoms with E-state index in [1.165, 1.54) is 4.68 Å². The van der Waals surface area contributed by atoms with Crippen molar-refractivity contribution in [3.63, 3.8) is 0 Å². The Morgan fingerprint density at radius 3 is 2.85 bits per heavy atom. The van der Waals surface area contributed by atoms with Gasteiger partial charge in [0.25, 0.3) is 5.91 Å². The van der Waals surface area contributed by atoms with Gasteiger partial charge in [0.15, 0.2) is 0 Å². The minimum absolute atomic E-state index is 0.337. The number of halogens is 2. The number of fused-ring (bicyclic) bond motifs is 1. The summed E-state index contributed by atoms with van der Waals surface area (Å²) in [6, 6.07) is 9.84. The zero-order valence-corrected chi connectivity index (χ0v) is 15.5. The van der Waals surface area contributed by atoms with Crippen LogP contribution in [0.2, 0.25) is 10.0 Å². The molecule has 0 saturated carbocycles. The maximum atomic E-state index is 13.1. The lowest BCUT2D eigenvalue weighted by Crippen LogP contribution is -2.31. The van der Waals surface area contributed by atoms with Crippen molar-refractivity contribution in [1.29, 1.82) is 0 Å². The second-order valence-electron chi connectivity index (χ2n) is 5.83. The summed E-state index contributed by atoms with van der Waals surface area (Å²) in [6.07, 6.45) is 1.60. The lowest BCUT2D eigenvalue weighted by Gasteiger charge is -2.28. The molecule has 0 spiro atoms. The van der Waals surface area contributed by atoms with Crippen LogP contribution >= 0.6 is 23.2 Å². The maximum Gasteiger partial charge on any atom is 0.257 e. The average molecular weight is 402 g/mol. The third kappa shape index (κ3) is 3.13. The highest BCUT2D eigenvalue weighted by molar-refractivity contribution is 6.42. The van der Waals surface area contributed by atoms with Crippen LogP contribution in [0, 0.1) is 0 Å². The highest BCUT2D eigenvalue weighted by Gasteiger charge is 2.35. The molecule has 10 heteroatoms. The second kappa shape index (κ2) is 6.98. The number of pyridine rings is 1. The number of benzene rings is 1. The SMILES string of the molecule is CC1=C(C(=O)Nc2ccccn2)C(c2cccc(Cl)c2Cl)n2nnnc2N1. The third-order valence-electron chi connectivity index (χ3n) is 4.14. The normalized spacial score (nSPS) is 15.9. The van der Waals surface area contributed by atoms with Crippen molar-refractivity contribution in [2.75, 3.05) is 10.6 Å². The van der Waals surface area contributed by atoms with Crippen molar-refractivity contribution in [1.82, 2.24) is 25.2 Å². The smallest absolute Gasteiger partial charge is 0.257 e. The van der Waals surface area contributed by atoms with Gasteiger partial charge in [-0.2, -0.15) is 4.68 Å². The van der Waals surface area contributed by atoms with Gasteiger partial charge in [0.05, 0.1) is 15.6 Å². The molecular weight excluding hydrogens is 389 g/mol. The Bertz CT molecular complexity index is 1050. The van der Waals surface area contributed by atoms with E-state index < -0.39 is 6.04 Å². The number of carbonyl (C=O) groups is 1. The van der Waals surface area contributed by atoms with Gasteiger partial charge in [-0.1, -0.05) is 46.5 Å². The van der Waals surface area contributed by atoms with Gasteiger partial charge in [-0.25, -0.2) is 4.98 Å². The van der Waals surface area contributed by atoms with Crippen LogP contribution in [0.15, 0.2) is 53.9 Å². The Hall–Kier alpha value is -2.97. The lowest BCUT2D eigenvalue weighted by atomic mass is 9.95. The van der Waals surface area contributed by atoms with E-state index in [2.05, 4.69) is 31.1 Å². The van der Waals surface area contributed by atoms with Crippen molar-refractivity contribution in [3.8, 4) is 0 Å². The number of nitrogens with zero attached hydrogens (tertiary/aromatic N) is 5. The molecule has 3 aromatic rings. The Morgan fingerprint density at radius 2 is 2.07 bits per heavy atom. The van der Waals surface area contributed by atoms with Crippen LogP contribution < -0.4 is 10.6 Å². The van der Waals surface area contributed by atoms with Crippen molar-refractivity contribution < 1.29 is 4.79 Å². The summed E-state index contributed by atoms with van der Waals surface area (Å²) >= 11 is 12.6. The number of tetrazole rings is 1. The molecule has 3 heterocycles. The Labute approximate surface area is 164 Å². The number of carbonyl (C=O) groups excluding carboxylic acids is 1. The van der Waals surface area contributed by atoms with E-state index in [0.29, 0.717) is 38.6 Å². The molecule has 1 atom stereocenters. The number of rotatable bonds is 3. The average Bonchev–Trinajstić information content (AvgIpc) is 3.12. The van der Waals surface area contributed by atoms with Crippen LogP contribution in [0.4, 0.5) is 11.8 Å². The van der Waals surface area contributed by atoms with E-state index in [1.54, 1.807) is 49.5 Å². The molecule has 1 aliphatic heterocycles. The largest absolute Gasteiger partial charge is 0.326 e. The van der Waals surface area contributed by atoms with Gasteiger partial charge in [0.2, 0.25) is 5.95 Å². The molecule has 2 aromatic heterocycles. The zero-order chi connectivity index (χ0) is 19.0. The molecule has 0 bridgehead atoms. The van der Waals surface area contributed by atoms with Gasteiger partial charge in [-0.15, -0.1) is 0 Å². The van der Waals surface area contributed by atoms with Crippen LogP contribution in [-0.2, 0) is 4.79 Å². The standard InChI is InChI=1S/C17H13Cl2N7O/c1-9-13(16(27)22-12-7-2-3-8-20-12)15(26-17(21-9)23-24-25-26)10-5-4-6-11(18)14(10)19/h2-8,15H,1H3,(H,20,22,27)(H,21,23,25). The fourth-order valence-electron chi connectivity index (χ4n) is 2.95. The Kier molecular flexibility index (Phi) is 4.51. The van der Waals surface area contributed by atoms with Gasteiger partial charge < -0.3 is 10.6 Å². The Morgan fingerprint density at radius 1 is 1.22 bits per heavy atom. The first kappa shape index (κ1) is 17.4. The van der Waals surface area contributed by atoms with Crippen molar-refractivity contribution in [2.24, 2.45) is 0 Å². The number of hydrogen-bond donors (Lipinski definition) is 2. The molecule has 0 aliphatic carbocycles. The summed E-state index contributed by atoms with van der Waals surface area (Å²) in [4.78, 5) is 17.2. The molecule has 27 heavy (non-hydrogen) atoms. The number of amides is 1. The number of hydrogen-bond acceptors (Lipinski definition) is 6. The van der Waals surface area contributed by atoms with E-state index in [-0.39, 0.29) is 5.91 Å². The molecule has 0 fully saturated rings. The number of nitrogens with one attached hydrogen (secondary N) is 2. The number of allylic oxidation sites excluding steroid dienone is 1. The molecular formula is C17H13Cl2N7O. The van der Waals surface area contributed by atoms with Gasteiger partial charge in [-0.3, -0.25) is 4.79 Å². The van der Waals surface area contributed by atoms with E-state index >= 15 is 0 Å². The Balaban J connectivity index is 1.82. The van der Waals surface area contributed by atoms with Gasteiger partial charge in [0, 0.05) is 17.5 Å². The summed E-state index contributed by atoms with van der Waals surface area (Å²) in [5.41, 5.74) is 1.63. The predicted molar refractivity (Wildman–Crippen MR) is 102 cm³/mol. The van der Waals surface area contributed by atoms with Crippen molar-refractivity contribution in [3.05, 3.63) is 69.5 Å². The maximum absolute atomic E-state index is 13.1. The zero-order valence-electron chi connectivity index (χ0n) is 14.0. The fourth-order valence-corrected chi connectivity index (χ4v) is 3.36. The van der Waals surface area contributed by atoms with Gasteiger partial charge in [-0.05, 0) is 35.5 Å². The summed E-state index contributed by atoms with van der Waals surface area (Å²) in [6.45, 7) is 1.77. The second-order valence-corrected chi connectivity index (χ2v) is 6.61. The number of anilines is 2. The molecule has 0 radical (unpaired) electrons. The van der Waals surface area contributed by atoms with Gasteiger partial charge >= 0.3 is 0 Å². The van der Waals surface area contributed by atoms with Crippen LogP contribution in [0.5, 0.6) is 0 Å². The van der Waals surface area contributed by atoms with Crippen molar-refractivity contribution >= 4 is 40.9 Å². The van der Waals surface area contributed by atoms with Crippen LogP contribution in [0.3, 0.4) is 0 Å². The van der Waals surface area contributed by atoms with E-state index in [1.807, 2.05) is 0 Å². The van der Waals surface area contributed by atoms with E-state index in [4.69, 9.17) is 23.2 Å². The molecule has 4 rings (SSSR count). The molecule has 1 unspecified atom stereocenters. The monoisotopic (exact) mass is 401 g/mol. The van der Waals surface area contributed by atoms with E-state index in [9.17, 15) is 4.79 Å². The van der Waals surface area contributed by atoms with E-state index in [0.717, 1.165) is 0 Å². The molecule has 1 aliphatic rings. The lowest BCUT2D eigenvalue weighted by molar-refractivity contribution is -0.113. The quantitative estimate of drug-likeness (QED) is 0.698. The summed E-state index contributed by atoms with van der Waals surface area (Å²) < 4.78 is 1.50. The van der Waals surface area contributed by atoms with Crippen molar-refractivity contribution in [2.45, 2.75) is 13.0 Å². The van der Waals surface area contributed by atoms with Gasteiger partial charge in [0.1, 0.15) is 11.9 Å². The minimum atomic E-state index is -0.647. The first-order valence-electron chi connectivity index (χ1n) is 7.98. The molecule has 1 aromatic carbocycles. The molecule has 8 nitrogen and oxygen atoms in total. The topological polar surface area (TPSA) is 97.6 Å². The first-order chi connectivity index (χ1) is 13.1. The highest BCUT2D eigenvalue weighted by Crippen LogP contribution is 2.39. The predicted octanol–water partition coefficient (Wildman–Crippen LogP) is 3.30. The van der Waals surface area contributed by atoms with Crippen LogP contribution in [-0.4, -0.2) is 31.1 Å². The first-order valence-corrected chi connectivity index (χ1v) is 8.74. The molecule has 2 N–H and O–H groups in total. The number of aromatic nitrogens is 5. The highest BCUT2D eigenvalue weighted by atomic mass is 35.5. The minimum Gasteiger partial charge on any atom is -0.326 e.